The first-order valence-electron chi connectivity index (χ1n) is 5.45. The lowest BCUT2D eigenvalue weighted by atomic mass is 10.2. The molecule has 1 atom stereocenters. The van der Waals surface area contributed by atoms with Gasteiger partial charge in [-0.3, -0.25) is 0 Å². The smallest absolute Gasteiger partial charge is 0.161 e. The third-order valence-electron chi connectivity index (χ3n) is 2.80. The van der Waals surface area contributed by atoms with Crippen molar-refractivity contribution in [3.05, 3.63) is 30.1 Å². The zero-order valence-electron chi connectivity index (χ0n) is 9.37. The van der Waals surface area contributed by atoms with Crippen LogP contribution in [0.2, 0.25) is 0 Å². The van der Waals surface area contributed by atoms with Gasteiger partial charge in [0.05, 0.1) is 17.4 Å². The van der Waals surface area contributed by atoms with E-state index in [0.717, 1.165) is 18.9 Å². The van der Waals surface area contributed by atoms with E-state index in [1.54, 1.807) is 6.33 Å². The van der Waals surface area contributed by atoms with Crippen LogP contribution in [-0.4, -0.2) is 9.55 Å². The van der Waals surface area contributed by atoms with Gasteiger partial charge in [-0.1, -0.05) is 13.3 Å². The summed E-state index contributed by atoms with van der Waals surface area (Å²) in [5, 5.41) is 0. The van der Waals surface area contributed by atoms with Crippen LogP contribution in [0.3, 0.4) is 0 Å². The number of hydrogen-bond donors (Lipinski definition) is 0. The Kier molecular flexibility index (Phi) is 2.90. The fraction of sp³-hybridized carbons (Fsp3) is 0.417. The molecular formula is C12H14F2N2. The van der Waals surface area contributed by atoms with Crippen molar-refractivity contribution in [2.24, 2.45) is 0 Å². The molecule has 0 fully saturated rings. The topological polar surface area (TPSA) is 17.8 Å². The van der Waals surface area contributed by atoms with Crippen LogP contribution in [0.25, 0.3) is 11.0 Å². The highest BCUT2D eigenvalue weighted by Crippen LogP contribution is 2.22. The fourth-order valence-corrected chi connectivity index (χ4v) is 1.93. The summed E-state index contributed by atoms with van der Waals surface area (Å²) in [6.45, 7) is 4.14. The summed E-state index contributed by atoms with van der Waals surface area (Å²) in [4.78, 5) is 4.08. The molecule has 1 aromatic carbocycles. The number of nitrogens with zero attached hydrogens (tertiary/aromatic N) is 2. The third kappa shape index (κ3) is 1.79. The Labute approximate surface area is 92.9 Å². The van der Waals surface area contributed by atoms with Gasteiger partial charge in [0.1, 0.15) is 0 Å². The van der Waals surface area contributed by atoms with Crippen LogP contribution < -0.4 is 0 Å². The number of halogens is 2. The molecule has 0 aliphatic carbocycles. The van der Waals surface area contributed by atoms with E-state index < -0.39 is 11.6 Å². The predicted octanol–water partition coefficient (Wildman–Crippen LogP) is 3.68. The Morgan fingerprint density at radius 1 is 1.31 bits per heavy atom. The number of aromatic nitrogens is 2. The average Bonchev–Trinajstić information content (AvgIpc) is 2.62. The van der Waals surface area contributed by atoms with E-state index in [4.69, 9.17) is 0 Å². The fourth-order valence-electron chi connectivity index (χ4n) is 1.93. The molecule has 2 nitrogen and oxygen atoms in total. The van der Waals surface area contributed by atoms with Crippen molar-refractivity contribution in [1.29, 1.82) is 0 Å². The molecule has 0 aliphatic rings. The van der Waals surface area contributed by atoms with Crippen LogP contribution in [0.1, 0.15) is 32.7 Å². The van der Waals surface area contributed by atoms with Gasteiger partial charge >= 0.3 is 0 Å². The van der Waals surface area contributed by atoms with Crippen molar-refractivity contribution < 1.29 is 8.78 Å². The highest BCUT2D eigenvalue weighted by atomic mass is 19.2. The Hall–Kier alpha value is -1.45. The van der Waals surface area contributed by atoms with E-state index in [2.05, 4.69) is 11.9 Å². The summed E-state index contributed by atoms with van der Waals surface area (Å²) in [5.41, 5.74) is 1.15. The predicted molar refractivity (Wildman–Crippen MR) is 59.3 cm³/mol. The Bertz CT molecular complexity index is 505. The van der Waals surface area contributed by atoms with Crippen LogP contribution in [0, 0.1) is 11.6 Å². The molecule has 0 radical (unpaired) electrons. The van der Waals surface area contributed by atoms with Crippen LogP contribution in [0.5, 0.6) is 0 Å². The van der Waals surface area contributed by atoms with Crippen molar-refractivity contribution in [2.75, 3.05) is 0 Å². The van der Waals surface area contributed by atoms with E-state index in [1.165, 1.54) is 6.07 Å². The van der Waals surface area contributed by atoms with Gasteiger partial charge in [0.15, 0.2) is 11.6 Å². The maximum atomic E-state index is 13.1. The lowest BCUT2D eigenvalue weighted by Gasteiger charge is -2.12. The Morgan fingerprint density at radius 2 is 2.00 bits per heavy atom. The number of hydrogen-bond acceptors (Lipinski definition) is 1. The molecule has 0 saturated heterocycles. The second-order valence-corrected chi connectivity index (χ2v) is 4.04. The van der Waals surface area contributed by atoms with Crippen LogP contribution in [0.4, 0.5) is 8.78 Å². The molecule has 4 heteroatoms. The molecule has 0 spiro atoms. The van der Waals surface area contributed by atoms with Crippen LogP contribution >= 0.6 is 0 Å². The molecule has 1 unspecified atom stereocenters. The molecule has 16 heavy (non-hydrogen) atoms. The van der Waals surface area contributed by atoms with Crippen molar-refractivity contribution in [2.45, 2.75) is 32.7 Å². The molecule has 2 rings (SSSR count). The molecule has 86 valence electrons. The SMILES string of the molecule is CCCC(C)n1cnc2cc(F)c(F)cc21. The van der Waals surface area contributed by atoms with Gasteiger partial charge in [0, 0.05) is 18.2 Å². The first kappa shape index (κ1) is 11.0. The van der Waals surface area contributed by atoms with Crippen molar-refractivity contribution in [1.82, 2.24) is 9.55 Å². The minimum Gasteiger partial charge on any atom is -0.328 e. The average molecular weight is 224 g/mol. The Morgan fingerprint density at radius 3 is 2.69 bits per heavy atom. The molecular weight excluding hydrogens is 210 g/mol. The van der Waals surface area contributed by atoms with Gasteiger partial charge in [-0.2, -0.15) is 0 Å². The number of fused-ring (bicyclic) bond motifs is 1. The van der Waals surface area contributed by atoms with Gasteiger partial charge < -0.3 is 4.57 Å². The monoisotopic (exact) mass is 224 g/mol. The van der Waals surface area contributed by atoms with Crippen LogP contribution in [-0.2, 0) is 0 Å². The highest BCUT2D eigenvalue weighted by molar-refractivity contribution is 5.75. The van der Waals surface area contributed by atoms with E-state index >= 15 is 0 Å². The normalized spacial score (nSPS) is 13.2. The molecule has 1 heterocycles. The molecule has 0 bridgehead atoms. The maximum Gasteiger partial charge on any atom is 0.161 e. The largest absolute Gasteiger partial charge is 0.328 e. The van der Waals surface area contributed by atoms with Crippen LogP contribution in [0.15, 0.2) is 18.5 Å². The Balaban J connectivity index is 2.51. The summed E-state index contributed by atoms with van der Waals surface area (Å²) >= 11 is 0. The molecule has 0 saturated carbocycles. The zero-order valence-corrected chi connectivity index (χ0v) is 9.37. The summed E-state index contributed by atoms with van der Waals surface area (Å²) in [6, 6.07) is 2.60. The van der Waals surface area contributed by atoms with E-state index in [0.29, 0.717) is 11.0 Å². The zero-order chi connectivity index (χ0) is 11.7. The molecule has 2 aromatic rings. The number of rotatable bonds is 3. The van der Waals surface area contributed by atoms with Gasteiger partial charge in [-0.25, -0.2) is 13.8 Å². The summed E-state index contributed by atoms with van der Waals surface area (Å²) in [5.74, 6) is -1.67. The first-order chi connectivity index (χ1) is 7.63. The van der Waals surface area contributed by atoms with E-state index in [1.807, 2.05) is 11.5 Å². The van der Waals surface area contributed by atoms with E-state index in [9.17, 15) is 8.78 Å². The summed E-state index contributed by atoms with van der Waals surface area (Å²) < 4.78 is 28.0. The van der Waals surface area contributed by atoms with Gasteiger partial charge in [0.2, 0.25) is 0 Å². The highest BCUT2D eigenvalue weighted by Gasteiger charge is 2.12. The van der Waals surface area contributed by atoms with Crippen molar-refractivity contribution >= 4 is 11.0 Å². The lowest BCUT2D eigenvalue weighted by Crippen LogP contribution is -2.03. The van der Waals surface area contributed by atoms with E-state index in [-0.39, 0.29) is 6.04 Å². The molecule has 0 N–H and O–H groups in total. The second-order valence-electron chi connectivity index (χ2n) is 4.04. The van der Waals surface area contributed by atoms with Gasteiger partial charge in [-0.05, 0) is 13.3 Å². The van der Waals surface area contributed by atoms with Gasteiger partial charge in [-0.15, -0.1) is 0 Å². The second kappa shape index (κ2) is 4.20. The quantitative estimate of drug-likeness (QED) is 0.777. The standard InChI is InChI=1S/C12H14F2N2/c1-3-4-8(2)16-7-15-11-5-9(13)10(14)6-12(11)16/h5-8H,3-4H2,1-2H3. The minimum absolute atomic E-state index is 0.250. The maximum absolute atomic E-state index is 13.1. The molecule has 0 aliphatic heterocycles. The van der Waals surface area contributed by atoms with Crippen molar-refractivity contribution in [3.63, 3.8) is 0 Å². The molecule has 1 aromatic heterocycles. The first-order valence-corrected chi connectivity index (χ1v) is 5.45. The molecule has 0 amide bonds. The van der Waals surface area contributed by atoms with Gasteiger partial charge in [0.25, 0.3) is 0 Å². The summed E-state index contributed by atoms with van der Waals surface area (Å²) in [7, 11) is 0. The van der Waals surface area contributed by atoms with Crippen molar-refractivity contribution in [3.8, 4) is 0 Å². The minimum atomic E-state index is -0.846. The number of imidazole rings is 1. The third-order valence-corrected chi connectivity index (χ3v) is 2.80. The number of benzene rings is 1. The lowest BCUT2D eigenvalue weighted by molar-refractivity contribution is 0.501. The summed E-state index contributed by atoms with van der Waals surface area (Å²) in [6.07, 6.45) is 3.68.